The van der Waals surface area contributed by atoms with E-state index in [1.807, 2.05) is 6.08 Å². The first kappa shape index (κ1) is 22.9. The molecule has 0 radical (unpaired) electrons. The van der Waals surface area contributed by atoms with Crippen LogP contribution in [-0.4, -0.2) is 57.7 Å². The van der Waals surface area contributed by atoms with E-state index in [-0.39, 0.29) is 6.54 Å². The maximum Gasteiger partial charge on any atom is 0.350 e. The summed E-state index contributed by atoms with van der Waals surface area (Å²) in [7, 11) is -4.34. The van der Waals surface area contributed by atoms with Crippen LogP contribution in [0.25, 0.3) is 0 Å². The smallest absolute Gasteiger partial charge is 0.350 e. The van der Waals surface area contributed by atoms with Crippen LogP contribution in [0.15, 0.2) is 23.6 Å². The molecule has 2 atom stereocenters. The highest BCUT2D eigenvalue weighted by atomic mass is 31.2. The number of ether oxygens (including phenoxy) is 2. The fourth-order valence-corrected chi connectivity index (χ4v) is 3.50. The molecule has 10 heteroatoms. The lowest BCUT2D eigenvalue weighted by atomic mass is 10.1. The monoisotopic (exact) mass is 418 g/mol. The number of carbonyl (C=O) groups is 1. The maximum absolute atomic E-state index is 12.2. The van der Waals surface area contributed by atoms with Crippen molar-refractivity contribution in [3.05, 3.63) is 23.6 Å². The number of unbranched alkanes of at least 4 members (excludes halogenated alkanes) is 5. The highest BCUT2D eigenvalue weighted by molar-refractivity contribution is 7.51. The molecule has 0 saturated carbocycles. The molecule has 28 heavy (non-hydrogen) atoms. The summed E-state index contributed by atoms with van der Waals surface area (Å²) in [5.74, 6) is 0.838. The molecule has 0 aromatic rings. The van der Waals surface area contributed by atoms with Gasteiger partial charge in [0.15, 0.2) is 0 Å². The average Bonchev–Trinajstić information content (AvgIpc) is 3.02. The van der Waals surface area contributed by atoms with E-state index in [4.69, 9.17) is 19.3 Å². The van der Waals surface area contributed by atoms with E-state index in [1.165, 1.54) is 30.6 Å². The largest absolute Gasteiger partial charge is 0.471 e. The van der Waals surface area contributed by atoms with Crippen LogP contribution in [-0.2, 0) is 14.0 Å². The molecule has 2 aliphatic rings. The molecular weight excluding hydrogens is 387 g/mol. The van der Waals surface area contributed by atoms with Crippen LogP contribution in [0.3, 0.4) is 0 Å². The second-order valence-corrected chi connectivity index (χ2v) is 8.71. The zero-order chi connectivity index (χ0) is 20.6. The quantitative estimate of drug-likeness (QED) is 0.267. The van der Waals surface area contributed by atoms with Gasteiger partial charge in [0, 0.05) is 18.2 Å². The zero-order valence-corrected chi connectivity index (χ0v) is 17.1. The van der Waals surface area contributed by atoms with Gasteiger partial charge in [-0.1, -0.05) is 39.0 Å². The van der Waals surface area contributed by atoms with Gasteiger partial charge in [-0.15, -0.1) is 0 Å². The normalized spacial score (nSPS) is 20.2. The summed E-state index contributed by atoms with van der Waals surface area (Å²) in [6.45, 7) is 1.70. The first-order valence-electron chi connectivity index (χ1n) is 9.75. The number of aliphatic hydroxyl groups excluding tert-OH is 1. The Hall–Kier alpha value is -1.38. The predicted octanol–water partition coefficient (Wildman–Crippen LogP) is 2.40. The second kappa shape index (κ2) is 11.0. The van der Waals surface area contributed by atoms with Crippen LogP contribution in [0.1, 0.15) is 51.9 Å². The summed E-state index contributed by atoms with van der Waals surface area (Å²) in [5.41, 5.74) is 0.798. The van der Waals surface area contributed by atoms with Crippen LogP contribution in [0, 0.1) is 0 Å². The number of hydrogen-bond donors (Lipinski definition) is 4. The molecular formula is C18H31N2O7P. The molecule has 2 unspecified atom stereocenters. The van der Waals surface area contributed by atoms with E-state index in [2.05, 4.69) is 12.2 Å². The Morgan fingerprint density at radius 3 is 2.68 bits per heavy atom. The van der Waals surface area contributed by atoms with E-state index >= 15 is 0 Å². The Balaban J connectivity index is 1.85. The van der Waals surface area contributed by atoms with Gasteiger partial charge in [-0.2, -0.15) is 0 Å². The Labute approximate surface area is 165 Å². The van der Waals surface area contributed by atoms with E-state index in [0.717, 1.165) is 30.6 Å². The molecule has 0 saturated heterocycles. The van der Waals surface area contributed by atoms with E-state index in [9.17, 15) is 14.5 Å². The lowest BCUT2D eigenvalue weighted by molar-refractivity contribution is 0.0170. The first-order chi connectivity index (χ1) is 13.3. The van der Waals surface area contributed by atoms with Gasteiger partial charge in [0.05, 0.1) is 25.0 Å². The number of hydrogen-bond acceptors (Lipinski definition) is 5. The minimum absolute atomic E-state index is 0.0286. The number of nitrogens with zero attached hydrogens (tertiary/aromatic N) is 1. The molecule has 0 spiro atoms. The molecule has 2 amide bonds. The first-order valence-corrected chi connectivity index (χ1v) is 11.5. The van der Waals surface area contributed by atoms with Crippen molar-refractivity contribution in [1.82, 2.24) is 10.2 Å². The second-order valence-electron chi connectivity index (χ2n) is 7.12. The van der Waals surface area contributed by atoms with Crippen molar-refractivity contribution in [2.24, 2.45) is 0 Å². The third-order valence-electron chi connectivity index (χ3n) is 4.58. The minimum Gasteiger partial charge on any atom is -0.471 e. The van der Waals surface area contributed by atoms with Crippen molar-refractivity contribution in [2.45, 2.75) is 64.2 Å². The van der Waals surface area contributed by atoms with E-state index in [0.29, 0.717) is 0 Å². The molecule has 0 fully saturated rings. The topological polar surface area (TPSA) is 129 Å². The van der Waals surface area contributed by atoms with Gasteiger partial charge >= 0.3 is 13.6 Å². The van der Waals surface area contributed by atoms with Crippen molar-refractivity contribution < 1.29 is 33.7 Å². The number of nitrogens with one attached hydrogen (secondary N) is 1. The molecule has 0 aromatic heterocycles. The van der Waals surface area contributed by atoms with Crippen LogP contribution in [0.2, 0.25) is 0 Å². The van der Waals surface area contributed by atoms with Crippen LogP contribution in [0.5, 0.6) is 0 Å². The Morgan fingerprint density at radius 1 is 1.29 bits per heavy atom. The highest BCUT2D eigenvalue weighted by Crippen LogP contribution is 2.34. The number of amides is 2. The van der Waals surface area contributed by atoms with E-state index < -0.39 is 38.9 Å². The Kier molecular flexibility index (Phi) is 8.98. The SMILES string of the molecule is CCCCCCCCC1=CC2=CN(CC(CO)OCP(=O)(O)O)C(=O)NC2O1. The number of aliphatic hydroxyl groups is 1. The van der Waals surface area contributed by atoms with Crippen molar-refractivity contribution in [1.29, 1.82) is 0 Å². The number of allylic oxidation sites excluding steroid dienone is 1. The molecule has 0 aromatic carbocycles. The predicted molar refractivity (Wildman–Crippen MR) is 103 cm³/mol. The maximum atomic E-state index is 12.2. The van der Waals surface area contributed by atoms with E-state index in [1.54, 1.807) is 6.20 Å². The van der Waals surface area contributed by atoms with Gasteiger partial charge in [-0.05, 0) is 12.5 Å². The molecule has 2 rings (SSSR count). The summed E-state index contributed by atoms with van der Waals surface area (Å²) in [4.78, 5) is 31.3. The molecule has 160 valence electrons. The minimum atomic E-state index is -4.34. The fraction of sp³-hybridized carbons (Fsp3) is 0.722. The summed E-state index contributed by atoms with van der Waals surface area (Å²) in [5, 5.41) is 12.1. The summed E-state index contributed by atoms with van der Waals surface area (Å²) in [6, 6.07) is -0.416. The van der Waals surface area contributed by atoms with Gasteiger partial charge < -0.3 is 24.4 Å². The number of fused-ring (bicyclic) bond motifs is 1. The van der Waals surface area contributed by atoms with Crippen LogP contribution in [0.4, 0.5) is 4.79 Å². The Bertz CT molecular complexity index is 631. The van der Waals surface area contributed by atoms with Crippen molar-refractivity contribution >= 4 is 13.6 Å². The van der Waals surface area contributed by atoms with Crippen molar-refractivity contribution in [2.75, 3.05) is 19.5 Å². The van der Waals surface area contributed by atoms with Gasteiger partial charge in [-0.25, -0.2) is 4.79 Å². The van der Waals surface area contributed by atoms with Crippen LogP contribution >= 0.6 is 7.60 Å². The average molecular weight is 418 g/mol. The fourth-order valence-electron chi connectivity index (χ4n) is 3.10. The van der Waals surface area contributed by atoms with Gasteiger partial charge in [0.2, 0.25) is 6.23 Å². The number of carbonyl (C=O) groups excluding carboxylic acids is 1. The van der Waals surface area contributed by atoms with Gasteiger partial charge in [0.25, 0.3) is 0 Å². The molecule has 4 N–H and O–H groups in total. The zero-order valence-electron chi connectivity index (χ0n) is 16.2. The van der Waals surface area contributed by atoms with Crippen molar-refractivity contribution in [3.63, 3.8) is 0 Å². The molecule has 0 aliphatic carbocycles. The third kappa shape index (κ3) is 7.56. The molecule has 2 heterocycles. The lowest BCUT2D eigenvalue weighted by Crippen LogP contribution is -2.50. The standard InChI is InChI=1S/C18H31N2O7P/c1-2-3-4-5-6-7-8-15-9-14-10-20(18(22)19-17(14)27-15)11-16(12-21)26-13-28(23,24)25/h9-10,16-17,21H,2-8,11-13H2,1H3,(H,19,22)(H2,23,24,25). The van der Waals surface area contributed by atoms with Gasteiger partial charge in [0.1, 0.15) is 6.35 Å². The summed E-state index contributed by atoms with van der Waals surface area (Å²) < 4.78 is 21.7. The highest BCUT2D eigenvalue weighted by Gasteiger charge is 2.33. The van der Waals surface area contributed by atoms with Gasteiger partial charge in [-0.3, -0.25) is 14.8 Å². The Morgan fingerprint density at radius 2 is 2.00 bits per heavy atom. The molecule has 9 nitrogen and oxygen atoms in total. The third-order valence-corrected chi connectivity index (χ3v) is 5.06. The number of rotatable bonds is 13. The summed E-state index contributed by atoms with van der Waals surface area (Å²) in [6.07, 6.45) is 9.29. The molecule has 0 bridgehead atoms. The number of urea groups is 1. The van der Waals surface area contributed by atoms with Crippen molar-refractivity contribution in [3.8, 4) is 0 Å². The summed E-state index contributed by atoms with van der Waals surface area (Å²) >= 11 is 0. The molecule has 2 aliphatic heterocycles. The lowest BCUT2D eigenvalue weighted by Gasteiger charge is -2.30. The van der Waals surface area contributed by atoms with Crippen LogP contribution < -0.4 is 5.32 Å².